The Morgan fingerprint density at radius 2 is 2.14 bits per heavy atom. The first-order chi connectivity index (χ1) is 10.7. The number of rotatable bonds is 2. The predicted octanol–water partition coefficient (Wildman–Crippen LogP) is 2.27. The van der Waals surface area contributed by atoms with Gasteiger partial charge in [-0.15, -0.1) is 0 Å². The summed E-state index contributed by atoms with van der Waals surface area (Å²) < 4.78 is 9.98. The highest BCUT2D eigenvalue weighted by atomic mass is 16.6. The Bertz CT molecular complexity index is 762. The number of benzene rings is 1. The summed E-state index contributed by atoms with van der Waals surface area (Å²) in [6.45, 7) is 0.340. The third-order valence-electron chi connectivity index (χ3n) is 3.23. The molecule has 22 heavy (non-hydrogen) atoms. The molecule has 1 aliphatic rings. The Morgan fingerprint density at radius 3 is 2.91 bits per heavy atom. The topological polar surface area (TPSA) is 60.5 Å². The van der Waals surface area contributed by atoms with E-state index in [4.69, 9.17) is 9.47 Å². The Morgan fingerprint density at radius 1 is 1.27 bits per heavy atom. The summed E-state index contributed by atoms with van der Waals surface area (Å²) in [5, 5.41) is 2.75. The Hall–Kier alpha value is -3.00. The third kappa shape index (κ3) is 3.18. The van der Waals surface area contributed by atoms with E-state index in [0.29, 0.717) is 18.2 Å². The number of nitrogens with zero attached hydrogens (tertiary/aromatic N) is 1. The van der Waals surface area contributed by atoms with Crippen molar-refractivity contribution in [2.45, 2.75) is 6.04 Å². The second-order valence-corrected chi connectivity index (χ2v) is 4.74. The van der Waals surface area contributed by atoms with Crippen LogP contribution in [0.3, 0.4) is 0 Å². The Labute approximate surface area is 128 Å². The van der Waals surface area contributed by atoms with E-state index in [1.807, 2.05) is 36.4 Å². The molecule has 0 saturated carbocycles. The summed E-state index contributed by atoms with van der Waals surface area (Å²) in [7, 11) is 1.57. The molecular formula is C17H14N2O3. The molecule has 1 amide bonds. The van der Waals surface area contributed by atoms with Gasteiger partial charge in [0.25, 0.3) is 0 Å². The van der Waals surface area contributed by atoms with Crippen molar-refractivity contribution in [3.8, 4) is 17.7 Å². The molecule has 3 rings (SSSR count). The average molecular weight is 294 g/mol. The number of aromatic nitrogens is 1. The number of carbonyl (C=O) groups is 1. The van der Waals surface area contributed by atoms with Gasteiger partial charge >= 0.3 is 6.09 Å². The summed E-state index contributed by atoms with van der Waals surface area (Å²) in [6, 6.07) is 13.0. The number of carbonyl (C=O) groups excluding carboxylic acids is 1. The summed E-state index contributed by atoms with van der Waals surface area (Å²) in [4.78, 5) is 15.3. The van der Waals surface area contributed by atoms with E-state index < -0.39 is 0 Å². The van der Waals surface area contributed by atoms with Crippen molar-refractivity contribution in [3.63, 3.8) is 0 Å². The van der Waals surface area contributed by atoms with E-state index in [1.165, 1.54) is 0 Å². The maximum absolute atomic E-state index is 11.1. The molecule has 1 aromatic carbocycles. The molecule has 1 aromatic heterocycles. The van der Waals surface area contributed by atoms with Crippen molar-refractivity contribution >= 4 is 6.09 Å². The molecule has 0 aliphatic carbocycles. The summed E-state index contributed by atoms with van der Waals surface area (Å²) in [6.07, 6.45) is -0.387. The Kier molecular flexibility index (Phi) is 3.92. The van der Waals surface area contributed by atoms with Crippen LogP contribution in [0.15, 0.2) is 42.5 Å². The highest BCUT2D eigenvalue weighted by Crippen LogP contribution is 2.18. The third-order valence-corrected chi connectivity index (χ3v) is 3.23. The zero-order chi connectivity index (χ0) is 15.4. The number of nitrogens with one attached hydrogen (secondary N) is 1. The van der Waals surface area contributed by atoms with Gasteiger partial charge < -0.3 is 14.8 Å². The minimum absolute atomic E-state index is 0.121. The van der Waals surface area contributed by atoms with Crippen molar-refractivity contribution in [2.75, 3.05) is 13.7 Å². The molecule has 1 atom stereocenters. The van der Waals surface area contributed by atoms with Gasteiger partial charge in [-0.3, -0.25) is 0 Å². The van der Waals surface area contributed by atoms with Crippen LogP contribution in [-0.4, -0.2) is 24.8 Å². The lowest BCUT2D eigenvalue weighted by Gasteiger charge is -2.07. The van der Waals surface area contributed by atoms with Crippen LogP contribution in [0.4, 0.5) is 4.79 Å². The molecule has 5 nitrogen and oxygen atoms in total. The second kappa shape index (κ2) is 6.19. The van der Waals surface area contributed by atoms with E-state index in [1.54, 1.807) is 13.2 Å². The number of hydrogen-bond acceptors (Lipinski definition) is 4. The summed E-state index contributed by atoms with van der Waals surface area (Å²) in [5.74, 6) is 6.60. The van der Waals surface area contributed by atoms with Gasteiger partial charge in [-0.1, -0.05) is 24.1 Å². The highest BCUT2D eigenvalue weighted by Gasteiger charge is 2.23. The average Bonchev–Trinajstić information content (AvgIpc) is 3.00. The van der Waals surface area contributed by atoms with E-state index in [2.05, 4.69) is 22.1 Å². The van der Waals surface area contributed by atoms with Crippen molar-refractivity contribution < 1.29 is 14.3 Å². The lowest BCUT2D eigenvalue weighted by atomic mass is 10.1. The largest absolute Gasteiger partial charge is 0.481 e. The molecule has 2 heterocycles. The zero-order valence-electron chi connectivity index (χ0n) is 12.0. The number of pyridine rings is 1. The first kappa shape index (κ1) is 14.0. The maximum atomic E-state index is 11.1. The van der Waals surface area contributed by atoms with Gasteiger partial charge in [0.1, 0.15) is 12.3 Å². The summed E-state index contributed by atoms with van der Waals surface area (Å²) in [5.41, 5.74) is 2.46. The normalized spacial score (nSPS) is 16.2. The van der Waals surface area contributed by atoms with Crippen LogP contribution < -0.4 is 10.1 Å². The van der Waals surface area contributed by atoms with Crippen LogP contribution in [0, 0.1) is 11.8 Å². The molecule has 0 spiro atoms. The van der Waals surface area contributed by atoms with Gasteiger partial charge in [0.05, 0.1) is 13.2 Å². The van der Waals surface area contributed by atoms with Crippen LogP contribution in [-0.2, 0) is 4.74 Å². The van der Waals surface area contributed by atoms with E-state index >= 15 is 0 Å². The van der Waals surface area contributed by atoms with Crippen molar-refractivity contribution in [3.05, 3.63) is 59.3 Å². The Balaban J connectivity index is 1.81. The van der Waals surface area contributed by atoms with E-state index in [-0.39, 0.29) is 12.1 Å². The molecule has 1 aliphatic heterocycles. The van der Waals surface area contributed by atoms with Crippen LogP contribution in [0.2, 0.25) is 0 Å². The van der Waals surface area contributed by atoms with Gasteiger partial charge in [-0.25, -0.2) is 9.78 Å². The molecule has 1 saturated heterocycles. The van der Waals surface area contributed by atoms with Gasteiger partial charge in [-0.05, 0) is 29.7 Å². The molecule has 1 fully saturated rings. The monoisotopic (exact) mass is 294 g/mol. The fourth-order valence-corrected chi connectivity index (χ4v) is 2.13. The number of alkyl carbamates (subject to hydrolysis) is 1. The molecule has 0 radical (unpaired) electrons. The highest BCUT2D eigenvalue weighted by molar-refractivity contribution is 5.70. The molecule has 0 bridgehead atoms. The quantitative estimate of drug-likeness (QED) is 0.863. The fraction of sp³-hybridized carbons (Fsp3) is 0.176. The lowest BCUT2D eigenvalue weighted by molar-refractivity contribution is 0.177. The second-order valence-electron chi connectivity index (χ2n) is 4.74. The van der Waals surface area contributed by atoms with Crippen LogP contribution >= 0.6 is 0 Å². The standard InChI is InChI=1S/C17H14N2O3/c1-21-16-7-3-6-14(18-16)9-8-12-4-2-5-13(10-12)15-11-22-17(20)19-15/h2-7,10,15H,11H2,1H3,(H,19,20)/t15-/m0/s1. The zero-order valence-corrected chi connectivity index (χ0v) is 12.0. The van der Waals surface area contributed by atoms with Gasteiger partial charge in [-0.2, -0.15) is 0 Å². The molecular weight excluding hydrogens is 280 g/mol. The molecule has 110 valence electrons. The van der Waals surface area contributed by atoms with Crippen molar-refractivity contribution in [1.29, 1.82) is 0 Å². The number of ether oxygens (including phenoxy) is 2. The van der Waals surface area contributed by atoms with Crippen LogP contribution in [0.1, 0.15) is 22.9 Å². The van der Waals surface area contributed by atoms with E-state index in [9.17, 15) is 4.79 Å². The molecule has 2 aromatic rings. The number of amides is 1. The number of cyclic esters (lactones) is 1. The van der Waals surface area contributed by atoms with Crippen molar-refractivity contribution in [2.24, 2.45) is 0 Å². The van der Waals surface area contributed by atoms with Gasteiger partial charge in [0.15, 0.2) is 0 Å². The number of hydrogen-bond donors (Lipinski definition) is 1. The summed E-state index contributed by atoms with van der Waals surface area (Å²) >= 11 is 0. The van der Waals surface area contributed by atoms with Gasteiger partial charge in [0.2, 0.25) is 5.88 Å². The minimum atomic E-state index is -0.387. The fourth-order valence-electron chi connectivity index (χ4n) is 2.13. The first-order valence-corrected chi connectivity index (χ1v) is 6.81. The molecule has 5 heteroatoms. The smallest absolute Gasteiger partial charge is 0.407 e. The SMILES string of the molecule is COc1cccc(C#Cc2cccc([C@@H]3COC(=O)N3)c2)n1. The van der Waals surface area contributed by atoms with E-state index in [0.717, 1.165) is 11.1 Å². The molecule has 0 unspecified atom stereocenters. The maximum Gasteiger partial charge on any atom is 0.407 e. The van der Waals surface area contributed by atoms with Crippen LogP contribution in [0.25, 0.3) is 0 Å². The number of methoxy groups -OCH3 is 1. The predicted molar refractivity (Wildman–Crippen MR) is 80.4 cm³/mol. The van der Waals surface area contributed by atoms with Crippen molar-refractivity contribution in [1.82, 2.24) is 10.3 Å². The molecule has 1 N–H and O–H groups in total. The van der Waals surface area contributed by atoms with Crippen LogP contribution in [0.5, 0.6) is 5.88 Å². The first-order valence-electron chi connectivity index (χ1n) is 6.81. The lowest BCUT2D eigenvalue weighted by Crippen LogP contribution is -2.18. The van der Waals surface area contributed by atoms with Gasteiger partial charge in [0, 0.05) is 11.6 Å². The minimum Gasteiger partial charge on any atom is -0.481 e.